The highest BCUT2D eigenvalue weighted by Crippen LogP contribution is 2.11. The molecule has 0 radical (unpaired) electrons. The average molecular weight is 234 g/mol. The van der Waals surface area contributed by atoms with E-state index in [1.165, 1.54) is 0 Å². The number of thioether (sulfide) groups is 1. The van der Waals surface area contributed by atoms with Gasteiger partial charge in [-0.2, -0.15) is 0 Å². The summed E-state index contributed by atoms with van der Waals surface area (Å²) in [6.45, 7) is 6.48. The Morgan fingerprint density at radius 2 is 1.80 bits per heavy atom. The summed E-state index contributed by atoms with van der Waals surface area (Å²) in [5.41, 5.74) is 3.87. The van der Waals surface area contributed by atoms with Crippen LogP contribution in [0, 0.1) is 10.8 Å². The first-order chi connectivity index (χ1) is 6.99. The maximum atomic E-state index is 11.6. The smallest absolute Gasteiger partial charge is 0.231 e. The summed E-state index contributed by atoms with van der Waals surface area (Å²) in [6, 6.07) is 9.24. The van der Waals surface area contributed by atoms with Crippen LogP contribution in [-0.4, -0.2) is 13.2 Å². The van der Waals surface area contributed by atoms with Gasteiger partial charge in [0, 0.05) is 17.3 Å². The predicted molar refractivity (Wildman–Crippen MR) is 69.5 cm³/mol. The molecule has 0 N–H and O–H groups in total. The number of benzene rings is 1. The number of hydrogen-bond donors (Lipinski definition) is 0. The molecular formula is C12H14OSSi. The van der Waals surface area contributed by atoms with Crippen LogP contribution in [-0.2, 0) is 0 Å². The Morgan fingerprint density at radius 3 is 2.33 bits per heavy atom. The van der Waals surface area contributed by atoms with Crippen LogP contribution in [0.15, 0.2) is 30.3 Å². The topological polar surface area (TPSA) is 17.1 Å². The highest BCUT2D eigenvalue weighted by Gasteiger charge is 2.08. The summed E-state index contributed by atoms with van der Waals surface area (Å²) in [4.78, 5) is 11.6. The largest absolute Gasteiger partial charge is 0.281 e. The van der Waals surface area contributed by atoms with Gasteiger partial charge in [-0.1, -0.05) is 50.0 Å². The van der Waals surface area contributed by atoms with Gasteiger partial charge in [-0.15, -0.1) is 5.54 Å². The molecule has 0 fully saturated rings. The Hall–Kier alpha value is -0.983. The zero-order valence-corrected chi connectivity index (χ0v) is 11.0. The van der Waals surface area contributed by atoms with Gasteiger partial charge in [0.25, 0.3) is 0 Å². The van der Waals surface area contributed by atoms with Crippen LogP contribution in [0.2, 0.25) is 19.6 Å². The fourth-order valence-corrected chi connectivity index (χ4v) is 2.63. The van der Waals surface area contributed by atoms with Crippen molar-refractivity contribution < 1.29 is 4.79 Å². The van der Waals surface area contributed by atoms with Crippen molar-refractivity contribution in [3.8, 4) is 10.8 Å². The molecule has 1 rings (SSSR count). The van der Waals surface area contributed by atoms with Crippen molar-refractivity contribution in [1.29, 1.82) is 0 Å². The van der Waals surface area contributed by atoms with E-state index in [1.807, 2.05) is 30.3 Å². The standard InChI is InChI=1S/C12H14OSSi/c1-15(2,3)10-9-14-12(13)11-7-5-4-6-8-11/h4-8H,1-3H3. The van der Waals surface area contributed by atoms with E-state index >= 15 is 0 Å². The molecular weight excluding hydrogens is 220 g/mol. The summed E-state index contributed by atoms with van der Waals surface area (Å²) in [5, 5.41) is 2.93. The van der Waals surface area contributed by atoms with Gasteiger partial charge < -0.3 is 0 Å². The van der Waals surface area contributed by atoms with Gasteiger partial charge in [-0.05, 0) is 5.25 Å². The molecule has 0 amide bonds. The van der Waals surface area contributed by atoms with Crippen molar-refractivity contribution in [1.82, 2.24) is 0 Å². The lowest BCUT2D eigenvalue weighted by Gasteiger charge is -2.02. The number of hydrogen-bond acceptors (Lipinski definition) is 2. The first kappa shape index (κ1) is 12.1. The monoisotopic (exact) mass is 234 g/mol. The minimum Gasteiger partial charge on any atom is -0.281 e. The zero-order valence-electron chi connectivity index (χ0n) is 9.20. The van der Waals surface area contributed by atoms with E-state index in [0.717, 1.165) is 11.8 Å². The molecule has 0 heterocycles. The molecule has 0 aromatic heterocycles. The molecule has 1 aromatic carbocycles. The second-order valence-electron chi connectivity index (χ2n) is 4.23. The molecule has 0 spiro atoms. The van der Waals surface area contributed by atoms with E-state index in [2.05, 4.69) is 30.4 Å². The van der Waals surface area contributed by atoms with Crippen molar-refractivity contribution in [2.75, 3.05) is 0 Å². The van der Waals surface area contributed by atoms with E-state index in [1.54, 1.807) is 0 Å². The highest BCUT2D eigenvalue weighted by atomic mass is 32.2. The third-order valence-corrected chi connectivity index (χ3v) is 3.26. The molecule has 0 saturated carbocycles. The molecule has 3 heteroatoms. The second kappa shape index (κ2) is 5.20. The molecule has 15 heavy (non-hydrogen) atoms. The van der Waals surface area contributed by atoms with Crippen molar-refractivity contribution >= 4 is 25.0 Å². The van der Waals surface area contributed by atoms with Crippen molar-refractivity contribution in [2.24, 2.45) is 0 Å². The summed E-state index contributed by atoms with van der Waals surface area (Å²) >= 11 is 1.09. The first-order valence-corrected chi connectivity index (χ1v) is 9.09. The van der Waals surface area contributed by atoms with Gasteiger partial charge in [0.15, 0.2) is 0 Å². The second-order valence-corrected chi connectivity index (χ2v) is 9.76. The summed E-state index contributed by atoms with van der Waals surface area (Å²) < 4.78 is 0. The SMILES string of the molecule is C[Si](C)(C)C#CSC(=O)c1ccccc1. The van der Waals surface area contributed by atoms with E-state index in [9.17, 15) is 4.79 Å². The van der Waals surface area contributed by atoms with Crippen LogP contribution in [0.1, 0.15) is 10.4 Å². The Balaban J connectivity index is 2.61. The Labute approximate surface area is 96.3 Å². The minimum absolute atomic E-state index is 0.0290. The maximum Gasteiger partial charge on any atom is 0.231 e. The summed E-state index contributed by atoms with van der Waals surface area (Å²) in [6.07, 6.45) is 0. The Morgan fingerprint density at radius 1 is 1.20 bits per heavy atom. The van der Waals surface area contributed by atoms with Crippen LogP contribution in [0.4, 0.5) is 0 Å². The lowest BCUT2D eigenvalue weighted by atomic mass is 10.2. The zero-order chi connectivity index (χ0) is 11.3. The minimum atomic E-state index is -1.36. The molecule has 0 saturated heterocycles. The van der Waals surface area contributed by atoms with Crippen LogP contribution in [0.3, 0.4) is 0 Å². The van der Waals surface area contributed by atoms with Gasteiger partial charge in [0.2, 0.25) is 5.12 Å². The van der Waals surface area contributed by atoms with Crippen molar-refractivity contribution in [3.05, 3.63) is 35.9 Å². The maximum absolute atomic E-state index is 11.6. The molecule has 1 nitrogen and oxygen atoms in total. The van der Waals surface area contributed by atoms with Gasteiger partial charge in [-0.25, -0.2) is 0 Å². The normalized spacial score (nSPS) is 10.3. The fourth-order valence-electron chi connectivity index (χ4n) is 0.858. The summed E-state index contributed by atoms with van der Waals surface area (Å²) in [7, 11) is -1.36. The molecule has 78 valence electrons. The highest BCUT2D eigenvalue weighted by molar-refractivity contribution is 8.18. The van der Waals surface area contributed by atoms with Crippen LogP contribution in [0.25, 0.3) is 0 Å². The molecule has 1 aromatic rings. The van der Waals surface area contributed by atoms with E-state index in [0.29, 0.717) is 5.56 Å². The van der Waals surface area contributed by atoms with E-state index in [4.69, 9.17) is 0 Å². The number of carbonyl (C=O) groups is 1. The van der Waals surface area contributed by atoms with E-state index in [-0.39, 0.29) is 5.12 Å². The molecule has 0 aliphatic rings. The number of carbonyl (C=O) groups excluding carboxylic acids is 1. The molecule has 0 aliphatic heterocycles. The Kier molecular flexibility index (Phi) is 4.19. The van der Waals surface area contributed by atoms with Crippen LogP contribution >= 0.6 is 11.8 Å². The van der Waals surface area contributed by atoms with Gasteiger partial charge >= 0.3 is 0 Å². The molecule has 0 bridgehead atoms. The summed E-state index contributed by atoms with van der Waals surface area (Å²) in [5.74, 6) is 0. The molecule has 0 unspecified atom stereocenters. The quantitative estimate of drug-likeness (QED) is 0.547. The third-order valence-electron chi connectivity index (χ3n) is 1.58. The predicted octanol–water partition coefficient (Wildman–Crippen LogP) is 3.40. The van der Waals surface area contributed by atoms with Crippen LogP contribution < -0.4 is 0 Å². The molecule has 0 aliphatic carbocycles. The van der Waals surface area contributed by atoms with Crippen molar-refractivity contribution in [3.63, 3.8) is 0 Å². The van der Waals surface area contributed by atoms with Crippen molar-refractivity contribution in [2.45, 2.75) is 19.6 Å². The van der Waals surface area contributed by atoms with Gasteiger partial charge in [0.05, 0.1) is 0 Å². The fraction of sp³-hybridized carbons (Fsp3) is 0.250. The average Bonchev–Trinajstić information content (AvgIpc) is 2.17. The van der Waals surface area contributed by atoms with Crippen LogP contribution in [0.5, 0.6) is 0 Å². The van der Waals surface area contributed by atoms with E-state index < -0.39 is 8.07 Å². The first-order valence-electron chi connectivity index (χ1n) is 4.77. The lowest BCUT2D eigenvalue weighted by molar-refractivity contribution is 0.109. The lowest BCUT2D eigenvalue weighted by Crippen LogP contribution is -2.16. The molecule has 0 atom stereocenters. The number of rotatable bonds is 1. The third kappa shape index (κ3) is 4.87. The van der Waals surface area contributed by atoms with Gasteiger partial charge in [-0.3, -0.25) is 4.79 Å². The van der Waals surface area contributed by atoms with Gasteiger partial charge in [0.1, 0.15) is 8.07 Å². The Bertz CT molecular complexity index is 395.